The summed E-state index contributed by atoms with van der Waals surface area (Å²) < 4.78 is 32.9. The Kier molecular flexibility index (Phi) is 8.60. The van der Waals surface area contributed by atoms with Gasteiger partial charge in [-0.15, -0.1) is 11.3 Å². The number of thiocarbonyl (C=S) groups is 1. The van der Waals surface area contributed by atoms with Crippen molar-refractivity contribution in [1.29, 1.82) is 0 Å². The second-order valence-electron chi connectivity index (χ2n) is 6.73. The largest absolute Gasteiger partial charge is 0.379 e. The van der Waals surface area contributed by atoms with Crippen molar-refractivity contribution in [2.24, 2.45) is 0 Å². The minimum atomic E-state index is -3.76. The van der Waals surface area contributed by atoms with E-state index in [9.17, 15) is 13.2 Å². The van der Waals surface area contributed by atoms with Crippen LogP contribution < -0.4 is 20.9 Å². The van der Waals surface area contributed by atoms with Gasteiger partial charge in [-0.05, 0) is 48.8 Å². The molecule has 1 aromatic carbocycles. The number of anilines is 1. The van der Waals surface area contributed by atoms with E-state index in [1.54, 1.807) is 23.6 Å². The molecule has 12 heteroatoms. The Labute approximate surface area is 191 Å². The van der Waals surface area contributed by atoms with Crippen LogP contribution in [0.15, 0.2) is 46.0 Å². The summed E-state index contributed by atoms with van der Waals surface area (Å²) in [5.74, 6) is -0.512. The number of nitrogens with one attached hydrogen (secondary N) is 4. The second-order valence-corrected chi connectivity index (χ2v) is 9.99. The summed E-state index contributed by atoms with van der Waals surface area (Å²) in [6, 6.07) is 9.51. The Morgan fingerprint density at radius 3 is 2.65 bits per heavy atom. The second kappa shape index (κ2) is 11.4. The Bertz CT molecular complexity index is 976. The highest BCUT2D eigenvalue weighted by Crippen LogP contribution is 2.22. The zero-order valence-electron chi connectivity index (χ0n) is 16.8. The first-order valence-corrected chi connectivity index (χ1v) is 12.5. The third kappa shape index (κ3) is 7.14. The fourth-order valence-corrected chi connectivity index (χ4v) is 5.16. The monoisotopic (exact) mass is 483 g/mol. The van der Waals surface area contributed by atoms with E-state index in [1.165, 1.54) is 18.2 Å². The molecule has 1 aromatic heterocycles. The van der Waals surface area contributed by atoms with Gasteiger partial charge in [0.15, 0.2) is 5.11 Å². The zero-order chi connectivity index (χ0) is 22.1. The van der Waals surface area contributed by atoms with Crippen molar-refractivity contribution < 1.29 is 17.9 Å². The number of para-hydroxylation sites is 1. The van der Waals surface area contributed by atoms with Gasteiger partial charge in [-0.2, -0.15) is 0 Å². The van der Waals surface area contributed by atoms with Crippen molar-refractivity contribution in [3.8, 4) is 0 Å². The fourth-order valence-electron chi connectivity index (χ4n) is 2.94. The number of thiophene rings is 1. The lowest BCUT2D eigenvalue weighted by atomic mass is 10.2. The molecule has 31 heavy (non-hydrogen) atoms. The Hall–Kier alpha value is -2.25. The maximum absolute atomic E-state index is 12.6. The van der Waals surface area contributed by atoms with Crippen LogP contribution in [0.5, 0.6) is 0 Å². The van der Waals surface area contributed by atoms with Crippen LogP contribution in [0.4, 0.5) is 5.69 Å². The molecule has 0 spiro atoms. The predicted molar refractivity (Wildman–Crippen MR) is 125 cm³/mol. The molecule has 168 valence electrons. The fraction of sp³-hybridized carbons (Fsp3) is 0.368. The SMILES string of the molecule is O=C(NNC(=S)NCCCN1CCOCC1)c1ccccc1NS(=O)(=O)c1cccs1. The average Bonchev–Trinajstić information content (AvgIpc) is 3.32. The zero-order valence-corrected chi connectivity index (χ0v) is 19.2. The molecule has 4 N–H and O–H groups in total. The number of morpholine rings is 1. The molecule has 3 rings (SSSR count). The molecular formula is C19H25N5O4S3. The lowest BCUT2D eigenvalue weighted by Crippen LogP contribution is -2.47. The molecule has 9 nitrogen and oxygen atoms in total. The smallest absolute Gasteiger partial charge is 0.271 e. The molecule has 1 saturated heterocycles. The lowest BCUT2D eigenvalue weighted by molar-refractivity contribution is 0.0376. The highest BCUT2D eigenvalue weighted by atomic mass is 32.2. The molecule has 0 radical (unpaired) electrons. The summed E-state index contributed by atoms with van der Waals surface area (Å²) in [6.45, 7) is 5.02. The van der Waals surface area contributed by atoms with E-state index < -0.39 is 15.9 Å². The molecule has 0 atom stereocenters. The van der Waals surface area contributed by atoms with Gasteiger partial charge in [0.1, 0.15) is 4.21 Å². The molecular weight excluding hydrogens is 458 g/mol. The van der Waals surface area contributed by atoms with E-state index >= 15 is 0 Å². The number of sulfonamides is 1. The maximum Gasteiger partial charge on any atom is 0.271 e. The molecule has 0 unspecified atom stereocenters. The van der Waals surface area contributed by atoms with Gasteiger partial charge in [-0.3, -0.25) is 25.3 Å². The number of hydrazine groups is 1. The van der Waals surface area contributed by atoms with E-state index in [4.69, 9.17) is 17.0 Å². The van der Waals surface area contributed by atoms with Crippen molar-refractivity contribution in [2.75, 3.05) is 44.1 Å². The Morgan fingerprint density at radius 2 is 1.90 bits per heavy atom. The predicted octanol–water partition coefficient (Wildman–Crippen LogP) is 1.38. The van der Waals surface area contributed by atoms with Crippen molar-refractivity contribution in [1.82, 2.24) is 21.1 Å². The molecule has 1 aliphatic rings. The first-order valence-electron chi connectivity index (χ1n) is 9.75. The van der Waals surface area contributed by atoms with E-state index in [0.717, 1.165) is 50.6 Å². The van der Waals surface area contributed by atoms with Gasteiger partial charge in [-0.25, -0.2) is 8.42 Å². The number of carbonyl (C=O) groups is 1. The van der Waals surface area contributed by atoms with Gasteiger partial charge >= 0.3 is 0 Å². The van der Waals surface area contributed by atoms with Crippen molar-refractivity contribution in [2.45, 2.75) is 10.6 Å². The van der Waals surface area contributed by atoms with Crippen molar-refractivity contribution in [3.63, 3.8) is 0 Å². The average molecular weight is 484 g/mol. The van der Waals surface area contributed by atoms with Crippen LogP contribution in [0.2, 0.25) is 0 Å². The summed E-state index contributed by atoms with van der Waals surface area (Å²) in [4.78, 5) is 14.9. The van der Waals surface area contributed by atoms with Crippen LogP contribution >= 0.6 is 23.6 Å². The molecule has 1 aliphatic heterocycles. The summed E-state index contributed by atoms with van der Waals surface area (Å²) in [5, 5.41) is 4.99. The molecule has 0 saturated carbocycles. The minimum absolute atomic E-state index is 0.170. The normalized spacial score (nSPS) is 14.6. The third-order valence-electron chi connectivity index (χ3n) is 4.51. The van der Waals surface area contributed by atoms with Gasteiger partial charge in [0.2, 0.25) is 0 Å². The third-order valence-corrected chi connectivity index (χ3v) is 7.52. The number of hydrogen-bond donors (Lipinski definition) is 4. The minimum Gasteiger partial charge on any atom is -0.379 e. The quantitative estimate of drug-likeness (QED) is 0.253. The van der Waals surface area contributed by atoms with E-state index in [-0.39, 0.29) is 20.6 Å². The Morgan fingerprint density at radius 1 is 1.13 bits per heavy atom. The number of hydrogen-bond acceptors (Lipinski definition) is 7. The summed E-state index contributed by atoms with van der Waals surface area (Å²) in [7, 11) is -3.76. The van der Waals surface area contributed by atoms with E-state index in [2.05, 4.69) is 25.8 Å². The number of carbonyl (C=O) groups excluding carboxylic acids is 1. The van der Waals surface area contributed by atoms with Crippen LogP contribution in [-0.2, 0) is 14.8 Å². The van der Waals surface area contributed by atoms with E-state index in [1.807, 2.05) is 0 Å². The molecule has 2 aromatic rings. The number of benzene rings is 1. The van der Waals surface area contributed by atoms with Gasteiger partial charge in [0, 0.05) is 19.6 Å². The van der Waals surface area contributed by atoms with Crippen molar-refractivity contribution >= 4 is 50.3 Å². The van der Waals surface area contributed by atoms with E-state index in [0.29, 0.717) is 6.54 Å². The molecule has 1 fully saturated rings. The van der Waals surface area contributed by atoms with Crippen LogP contribution in [0.25, 0.3) is 0 Å². The van der Waals surface area contributed by atoms with Crippen molar-refractivity contribution in [3.05, 3.63) is 47.3 Å². The van der Waals surface area contributed by atoms with Crippen LogP contribution in [0, 0.1) is 0 Å². The first-order chi connectivity index (χ1) is 15.0. The number of amides is 1. The lowest BCUT2D eigenvalue weighted by Gasteiger charge is -2.26. The van der Waals surface area contributed by atoms with Gasteiger partial charge < -0.3 is 10.1 Å². The number of rotatable bonds is 8. The summed E-state index contributed by atoms with van der Waals surface area (Å²) >= 11 is 6.28. The molecule has 0 aliphatic carbocycles. The molecule has 1 amide bonds. The Balaban J connectivity index is 1.46. The maximum atomic E-state index is 12.6. The summed E-state index contributed by atoms with van der Waals surface area (Å²) in [6.07, 6.45) is 0.906. The van der Waals surface area contributed by atoms with Gasteiger partial charge in [-0.1, -0.05) is 18.2 Å². The highest BCUT2D eigenvalue weighted by Gasteiger charge is 2.19. The van der Waals surface area contributed by atoms with Gasteiger partial charge in [0.05, 0.1) is 24.5 Å². The summed E-state index contributed by atoms with van der Waals surface area (Å²) in [5.41, 5.74) is 5.50. The topological polar surface area (TPSA) is 112 Å². The molecule has 2 heterocycles. The van der Waals surface area contributed by atoms with Crippen LogP contribution in [-0.4, -0.2) is 63.7 Å². The number of ether oxygens (including phenoxy) is 1. The van der Waals surface area contributed by atoms with Crippen LogP contribution in [0.1, 0.15) is 16.8 Å². The number of nitrogens with zero attached hydrogens (tertiary/aromatic N) is 1. The standard InChI is InChI=1S/C19H25N5O4S3/c25-18(21-22-19(29)20-8-4-9-24-10-12-28-13-11-24)15-5-1-2-6-16(15)23-31(26,27)17-7-3-14-30-17/h1-3,5-7,14,23H,4,8-13H2,(H,21,25)(H2,20,22,29). The highest BCUT2D eigenvalue weighted by molar-refractivity contribution is 7.94. The molecule has 0 bridgehead atoms. The van der Waals surface area contributed by atoms with Crippen LogP contribution in [0.3, 0.4) is 0 Å². The first kappa shape index (κ1) is 23.4. The van der Waals surface area contributed by atoms with Gasteiger partial charge in [0.25, 0.3) is 15.9 Å².